The second-order valence-corrected chi connectivity index (χ2v) is 3.72. The molecular formula is C10H16O. The van der Waals surface area contributed by atoms with E-state index in [-0.39, 0.29) is 5.41 Å². The van der Waals surface area contributed by atoms with Gasteiger partial charge in [0.25, 0.3) is 0 Å². The molecule has 1 saturated carbocycles. The lowest BCUT2D eigenvalue weighted by Gasteiger charge is -2.31. The van der Waals surface area contributed by atoms with Crippen LogP contribution in [0, 0.1) is 5.41 Å². The summed E-state index contributed by atoms with van der Waals surface area (Å²) in [6.07, 6.45) is 5.01. The molecular weight excluding hydrogens is 136 g/mol. The minimum atomic E-state index is -0.174. The highest BCUT2D eigenvalue weighted by molar-refractivity contribution is 5.88. The smallest absolute Gasteiger partial charge is 0.142 e. The molecule has 0 heterocycles. The van der Waals surface area contributed by atoms with Crippen molar-refractivity contribution in [1.29, 1.82) is 0 Å². The van der Waals surface area contributed by atoms with Crippen LogP contribution in [0.2, 0.25) is 0 Å². The number of rotatable bonds is 0. The fourth-order valence-corrected chi connectivity index (χ4v) is 1.75. The maximum Gasteiger partial charge on any atom is 0.142 e. The molecule has 1 aliphatic carbocycles. The van der Waals surface area contributed by atoms with Crippen molar-refractivity contribution >= 4 is 5.78 Å². The van der Waals surface area contributed by atoms with Crippen LogP contribution in [0.3, 0.4) is 0 Å². The first-order chi connectivity index (χ1) is 5.09. The van der Waals surface area contributed by atoms with Crippen LogP contribution in [0.15, 0.2) is 11.6 Å². The highest BCUT2D eigenvalue weighted by atomic mass is 16.1. The van der Waals surface area contributed by atoms with Crippen LogP contribution in [0.4, 0.5) is 0 Å². The molecule has 0 aromatic heterocycles. The van der Waals surface area contributed by atoms with E-state index in [2.05, 4.69) is 6.08 Å². The number of hydrogen-bond donors (Lipinski definition) is 0. The van der Waals surface area contributed by atoms with Gasteiger partial charge < -0.3 is 0 Å². The molecule has 0 aliphatic heterocycles. The van der Waals surface area contributed by atoms with Crippen molar-refractivity contribution in [2.75, 3.05) is 0 Å². The van der Waals surface area contributed by atoms with Crippen molar-refractivity contribution in [2.45, 2.75) is 40.0 Å². The molecule has 11 heavy (non-hydrogen) atoms. The van der Waals surface area contributed by atoms with Crippen LogP contribution < -0.4 is 0 Å². The van der Waals surface area contributed by atoms with Crippen LogP contribution in [0.25, 0.3) is 0 Å². The molecule has 1 aliphatic rings. The topological polar surface area (TPSA) is 17.1 Å². The number of ketones is 1. The molecule has 1 fully saturated rings. The normalized spacial score (nSPS) is 27.5. The van der Waals surface area contributed by atoms with Crippen molar-refractivity contribution in [3.8, 4) is 0 Å². The summed E-state index contributed by atoms with van der Waals surface area (Å²) >= 11 is 0. The Morgan fingerprint density at radius 2 is 2.00 bits per heavy atom. The summed E-state index contributed by atoms with van der Waals surface area (Å²) in [7, 11) is 0. The number of allylic oxidation sites excluding steroid dienone is 2. The molecule has 0 unspecified atom stereocenters. The Balaban J connectivity index is 2.91. The van der Waals surface area contributed by atoms with Crippen LogP contribution in [-0.2, 0) is 4.79 Å². The molecule has 1 nitrogen and oxygen atoms in total. The van der Waals surface area contributed by atoms with Gasteiger partial charge in [0.15, 0.2) is 0 Å². The zero-order chi connectivity index (χ0) is 8.48. The van der Waals surface area contributed by atoms with E-state index in [0.29, 0.717) is 5.78 Å². The van der Waals surface area contributed by atoms with Gasteiger partial charge in [-0.05, 0) is 33.6 Å². The summed E-state index contributed by atoms with van der Waals surface area (Å²) in [6.45, 7) is 6.09. The van der Waals surface area contributed by atoms with E-state index in [1.807, 2.05) is 20.8 Å². The number of hydrogen-bond acceptors (Lipinski definition) is 1. The van der Waals surface area contributed by atoms with Gasteiger partial charge in [0.2, 0.25) is 0 Å². The van der Waals surface area contributed by atoms with Gasteiger partial charge in [0.05, 0.1) is 0 Å². The molecule has 0 aromatic carbocycles. The van der Waals surface area contributed by atoms with Crippen molar-refractivity contribution in [3.05, 3.63) is 11.6 Å². The average Bonchev–Trinajstić information content (AvgIpc) is 1.95. The third-order valence-electron chi connectivity index (χ3n) is 2.70. The Morgan fingerprint density at radius 3 is 2.45 bits per heavy atom. The molecule has 62 valence electrons. The van der Waals surface area contributed by atoms with Gasteiger partial charge in [-0.25, -0.2) is 0 Å². The van der Waals surface area contributed by atoms with Crippen LogP contribution in [0.1, 0.15) is 40.0 Å². The van der Waals surface area contributed by atoms with E-state index in [1.54, 1.807) is 0 Å². The van der Waals surface area contributed by atoms with Crippen LogP contribution >= 0.6 is 0 Å². The van der Waals surface area contributed by atoms with Gasteiger partial charge in [-0.3, -0.25) is 4.79 Å². The van der Waals surface area contributed by atoms with Gasteiger partial charge in [-0.2, -0.15) is 0 Å². The number of Topliss-reactive ketones (excluding diaryl/α,β-unsaturated/α-hetero) is 1. The lowest BCUT2D eigenvalue weighted by Crippen LogP contribution is -2.30. The molecule has 0 aromatic rings. The Bertz CT molecular complexity index is 199. The molecule has 1 rings (SSSR count). The summed E-state index contributed by atoms with van der Waals surface area (Å²) in [4.78, 5) is 11.4. The highest BCUT2D eigenvalue weighted by Crippen LogP contribution is 2.36. The molecule has 0 bridgehead atoms. The minimum Gasteiger partial charge on any atom is -0.299 e. The first kappa shape index (κ1) is 8.51. The highest BCUT2D eigenvalue weighted by Gasteiger charge is 2.33. The van der Waals surface area contributed by atoms with Gasteiger partial charge in [-0.1, -0.05) is 11.6 Å². The zero-order valence-electron chi connectivity index (χ0n) is 7.61. The Kier molecular flexibility index (Phi) is 2.17. The van der Waals surface area contributed by atoms with E-state index < -0.39 is 0 Å². The zero-order valence-corrected chi connectivity index (χ0v) is 7.61. The van der Waals surface area contributed by atoms with Crippen LogP contribution in [0.5, 0.6) is 0 Å². The summed E-state index contributed by atoms with van der Waals surface area (Å²) in [6, 6.07) is 0. The Hall–Kier alpha value is -0.590. The van der Waals surface area contributed by atoms with Crippen molar-refractivity contribution < 1.29 is 4.79 Å². The molecule has 0 atom stereocenters. The predicted molar refractivity (Wildman–Crippen MR) is 46.4 cm³/mol. The molecule has 0 amide bonds. The first-order valence-electron chi connectivity index (χ1n) is 4.28. The van der Waals surface area contributed by atoms with Crippen molar-refractivity contribution in [1.82, 2.24) is 0 Å². The molecule has 0 N–H and O–H groups in total. The van der Waals surface area contributed by atoms with E-state index in [9.17, 15) is 4.79 Å². The molecule has 1 heteroatoms. The number of carbonyl (C=O) groups is 1. The lowest BCUT2D eigenvalue weighted by atomic mass is 9.72. The summed E-state index contributed by atoms with van der Waals surface area (Å²) < 4.78 is 0. The average molecular weight is 152 g/mol. The molecule has 0 radical (unpaired) electrons. The Morgan fingerprint density at radius 1 is 1.36 bits per heavy atom. The molecule has 0 spiro atoms. The van der Waals surface area contributed by atoms with Gasteiger partial charge in [0.1, 0.15) is 5.78 Å². The quantitative estimate of drug-likeness (QED) is 0.488. The summed E-state index contributed by atoms with van der Waals surface area (Å²) in [5.74, 6) is 0.400. The summed E-state index contributed by atoms with van der Waals surface area (Å²) in [5, 5.41) is 0. The van der Waals surface area contributed by atoms with Gasteiger partial charge >= 0.3 is 0 Å². The minimum absolute atomic E-state index is 0.174. The third kappa shape index (κ3) is 1.37. The van der Waals surface area contributed by atoms with Crippen molar-refractivity contribution in [3.63, 3.8) is 0 Å². The monoisotopic (exact) mass is 152 g/mol. The van der Waals surface area contributed by atoms with E-state index in [1.165, 1.54) is 5.57 Å². The van der Waals surface area contributed by atoms with E-state index in [0.717, 1.165) is 19.3 Å². The van der Waals surface area contributed by atoms with Gasteiger partial charge in [-0.15, -0.1) is 0 Å². The van der Waals surface area contributed by atoms with E-state index in [4.69, 9.17) is 0 Å². The number of carbonyl (C=O) groups excluding carboxylic acids is 1. The van der Waals surface area contributed by atoms with Crippen molar-refractivity contribution in [2.24, 2.45) is 5.41 Å². The molecule has 0 saturated heterocycles. The lowest BCUT2D eigenvalue weighted by molar-refractivity contribution is -0.126. The van der Waals surface area contributed by atoms with Gasteiger partial charge in [0, 0.05) is 11.8 Å². The van der Waals surface area contributed by atoms with Crippen LogP contribution in [-0.4, -0.2) is 5.78 Å². The second-order valence-electron chi connectivity index (χ2n) is 3.72. The second kappa shape index (κ2) is 2.80. The Labute approximate surface area is 68.5 Å². The predicted octanol–water partition coefficient (Wildman–Crippen LogP) is 2.71. The maximum atomic E-state index is 11.4. The van der Waals surface area contributed by atoms with E-state index >= 15 is 0 Å². The largest absolute Gasteiger partial charge is 0.299 e. The fourth-order valence-electron chi connectivity index (χ4n) is 1.75. The fraction of sp³-hybridized carbons (Fsp3) is 0.700. The summed E-state index contributed by atoms with van der Waals surface area (Å²) in [5.41, 5.74) is 1.14. The first-order valence-corrected chi connectivity index (χ1v) is 4.28. The SMILES string of the molecule is CC=C1CCCC(=O)C1(C)C. The maximum absolute atomic E-state index is 11.4. The standard InChI is InChI=1S/C10H16O/c1-4-8-6-5-7-9(11)10(8,2)3/h4H,5-7H2,1-3H3. The third-order valence-corrected chi connectivity index (χ3v) is 2.70.